The highest BCUT2D eigenvalue weighted by atomic mass is 16.5. The standard InChI is InChI=1S/C25H35NO/c1-3-7-24(18-26)23-15-14-21-16-19(11-13-22(21)17-23)10-12-20-8-5-6-9-25(20)27-4-2/h5-6,8-9,14-15,17,19,24H,3-4,7,10-13,16,18,26H2,1-2H3/t19-,24-/m1/s1. The van der Waals surface area contributed by atoms with Crippen LogP contribution in [0.3, 0.4) is 0 Å². The van der Waals surface area contributed by atoms with Crippen LogP contribution in [0, 0.1) is 5.92 Å². The summed E-state index contributed by atoms with van der Waals surface area (Å²) in [7, 11) is 0. The van der Waals surface area contributed by atoms with Crippen LogP contribution in [0.15, 0.2) is 42.5 Å². The summed E-state index contributed by atoms with van der Waals surface area (Å²) < 4.78 is 5.79. The maximum atomic E-state index is 6.01. The van der Waals surface area contributed by atoms with E-state index in [0.717, 1.165) is 31.2 Å². The van der Waals surface area contributed by atoms with Gasteiger partial charge in [-0.2, -0.15) is 0 Å². The molecule has 0 amide bonds. The molecule has 2 nitrogen and oxygen atoms in total. The van der Waals surface area contributed by atoms with E-state index in [1.165, 1.54) is 49.7 Å². The molecule has 2 N–H and O–H groups in total. The van der Waals surface area contributed by atoms with E-state index in [0.29, 0.717) is 5.92 Å². The van der Waals surface area contributed by atoms with E-state index in [9.17, 15) is 0 Å². The molecule has 0 radical (unpaired) electrons. The van der Waals surface area contributed by atoms with Gasteiger partial charge in [-0.3, -0.25) is 0 Å². The van der Waals surface area contributed by atoms with Crippen molar-refractivity contribution >= 4 is 0 Å². The van der Waals surface area contributed by atoms with Crippen molar-refractivity contribution in [1.29, 1.82) is 0 Å². The van der Waals surface area contributed by atoms with Gasteiger partial charge in [-0.15, -0.1) is 0 Å². The first-order valence-corrected chi connectivity index (χ1v) is 10.8. The number of nitrogens with two attached hydrogens (primary N) is 1. The Morgan fingerprint density at radius 2 is 1.96 bits per heavy atom. The predicted octanol–water partition coefficient (Wildman–Crippen LogP) is 5.67. The van der Waals surface area contributed by atoms with Gasteiger partial charge in [0.1, 0.15) is 5.75 Å². The summed E-state index contributed by atoms with van der Waals surface area (Å²) in [5, 5.41) is 0. The fourth-order valence-corrected chi connectivity index (χ4v) is 4.49. The predicted molar refractivity (Wildman–Crippen MR) is 115 cm³/mol. The second-order valence-corrected chi connectivity index (χ2v) is 7.94. The molecule has 2 atom stereocenters. The quantitative estimate of drug-likeness (QED) is 0.622. The second-order valence-electron chi connectivity index (χ2n) is 7.94. The molecule has 0 unspecified atom stereocenters. The SMILES string of the molecule is CCC[C@H](CN)c1ccc2c(c1)CC[C@@H](CCc1ccccc1OCC)C2. The lowest BCUT2D eigenvalue weighted by Gasteiger charge is -2.26. The molecule has 1 aliphatic carbocycles. The minimum atomic E-state index is 0.521. The lowest BCUT2D eigenvalue weighted by molar-refractivity contribution is 0.334. The first kappa shape index (κ1) is 19.9. The van der Waals surface area contributed by atoms with Crippen molar-refractivity contribution in [2.45, 2.75) is 64.7 Å². The van der Waals surface area contributed by atoms with Gasteiger partial charge in [0.25, 0.3) is 0 Å². The van der Waals surface area contributed by atoms with E-state index in [-0.39, 0.29) is 0 Å². The highest BCUT2D eigenvalue weighted by Crippen LogP contribution is 2.32. The lowest BCUT2D eigenvalue weighted by atomic mass is 9.79. The number of rotatable bonds is 9. The molecule has 0 heterocycles. The van der Waals surface area contributed by atoms with Crippen LogP contribution in [0.25, 0.3) is 0 Å². The van der Waals surface area contributed by atoms with Crippen LogP contribution in [0.1, 0.15) is 67.7 Å². The molecular formula is C25H35NO. The van der Waals surface area contributed by atoms with Gasteiger partial charge in [0.2, 0.25) is 0 Å². The maximum Gasteiger partial charge on any atom is 0.122 e. The fourth-order valence-electron chi connectivity index (χ4n) is 4.49. The molecule has 146 valence electrons. The van der Waals surface area contributed by atoms with Gasteiger partial charge in [-0.05, 0) is 92.1 Å². The van der Waals surface area contributed by atoms with Crippen LogP contribution in [0.5, 0.6) is 5.75 Å². The number of para-hydroxylation sites is 1. The van der Waals surface area contributed by atoms with Gasteiger partial charge in [-0.25, -0.2) is 0 Å². The van der Waals surface area contributed by atoms with Crippen molar-refractivity contribution in [1.82, 2.24) is 0 Å². The summed E-state index contributed by atoms with van der Waals surface area (Å²) >= 11 is 0. The molecule has 2 aromatic rings. The van der Waals surface area contributed by atoms with Crippen molar-refractivity contribution in [3.05, 3.63) is 64.7 Å². The number of benzene rings is 2. The van der Waals surface area contributed by atoms with E-state index in [2.05, 4.69) is 56.3 Å². The Hall–Kier alpha value is -1.80. The van der Waals surface area contributed by atoms with Gasteiger partial charge >= 0.3 is 0 Å². The zero-order valence-corrected chi connectivity index (χ0v) is 17.0. The molecule has 0 aromatic heterocycles. The van der Waals surface area contributed by atoms with E-state index in [1.54, 1.807) is 11.1 Å². The van der Waals surface area contributed by atoms with Gasteiger partial charge in [0.05, 0.1) is 6.61 Å². The van der Waals surface area contributed by atoms with Crippen molar-refractivity contribution in [3.63, 3.8) is 0 Å². The third-order valence-corrected chi connectivity index (χ3v) is 6.05. The van der Waals surface area contributed by atoms with Gasteiger partial charge in [0, 0.05) is 0 Å². The van der Waals surface area contributed by atoms with Crippen molar-refractivity contribution in [2.75, 3.05) is 13.2 Å². The topological polar surface area (TPSA) is 35.2 Å². The normalized spacial score (nSPS) is 17.4. The third-order valence-electron chi connectivity index (χ3n) is 6.05. The van der Waals surface area contributed by atoms with Crippen molar-refractivity contribution in [2.24, 2.45) is 11.7 Å². The Bertz CT molecular complexity index is 724. The van der Waals surface area contributed by atoms with Gasteiger partial charge in [-0.1, -0.05) is 49.7 Å². The maximum absolute atomic E-state index is 6.01. The Morgan fingerprint density at radius 1 is 1.11 bits per heavy atom. The Labute approximate surface area is 165 Å². The summed E-state index contributed by atoms with van der Waals surface area (Å²) in [5.74, 6) is 2.36. The number of ether oxygens (including phenoxy) is 1. The average molecular weight is 366 g/mol. The molecular weight excluding hydrogens is 330 g/mol. The average Bonchev–Trinajstić information content (AvgIpc) is 2.71. The van der Waals surface area contributed by atoms with E-state index >= 15 is 0 Å². The monoisotopic (exact) mass is 365 g/mol. The smallest absolute Gasteiger partial charge is 0.122 e. The molecule has 0 spiro atoms. The second kappa shape index (κ2) is 9.94. The van der Waals surface area contributed by atoms with Crippen LogP contribution >= 0.6 is 0 Å². The highest BCUT2D eigenvalue weighted by Gasteiger charge is 2.20. The summed E-state index contributed by atoms with van der Waals surface area (Å²) in [6.45, 7) is 5.79. The summed E-state index contributed by atoms with van der Waals surface area (Å²) in [6.07, 6.45) is 8.47. The van der Waals surface area contributed by atoms with E-state index < -0.39 is 0 Å². The van der Waals surface area contributed by atoms with Gasteiger partial charge < -0.3 is 10.5 Å². The molecule has 27 heavy (non-hydrogen) atoms. The molecule has 0 saturated carbocycles. The number of aryl methyl sites for hydroxylation is 2. The van der Waals surface area contributed by atoms with Crippen LogP contribution in [0.4, 0.5) is 0 Å². The number of hydrogen-bond acceptors (Lipinski definition) is 2. The Balaban J connectivity index is 1.62. The van der Waals surface area contributed by atoms with Crippen molar-refractivity contribution in [3.8, 4) is 5.75 Å². The minimum absolute atomic E-state index is 0.521. The zero-order chi connectivity index (χ0) is 19.1. The first-order chi connectivity index (χ1) is 13.2. The number of fused-ring (bicyclic) bond motifs is 1. The molecule has 3 rings (SSSR count). The largest absolute Gasteiger partial charge is 0.494 e. The summed E-state index contributed by atoms with van der Waals surface area (Å²) in [4.78, 5) is 0. The molecule has 0 fully saturated rings. The molecule has 2 heteroatoms. The van der Waals surface area contributed by atoms with Crippen molar-refractivity contribution < 1.29 is 4.74 Å². The van der Waals surface area contributed by atoms with Crippen LogP contribution in [-0.4, -0.2) is 13.2 Å². The Kier molecular flexibility index (Phi) is 7.34. The molecule has 0 aliphatic heterocycles. The zero-order valence-electron chi connectivity index (χ0n) is 17.0. The Morgan fingerprint density at radius 3 is 2.74 bits per heavy atom. The van der Waals surface area contributed by atoms with E-state index in [4.69, 9.17) is 10.5 Å². The van der Waals surface area contributed by atoms with Gasteiger partial charge in [0.15, 0.2) is 0 Å². The molecule has 0 saturated heterocycles. The lowest BCUT2D eigenvalue weighted by Crippen LogP contribution is -2.17. The molecule has 0 bridgehead atoms. The fraction of sp³-hybridized carbons (Fsp3) is 0.520. The van der Waals surface area contributed by atoms with Crippen LogP contribution in [-0.2, 0) is 19.3 Å². The summed E-state index contributed by atoms with van der Waals surface area (Å²) in [5.41, 5.74) is 11.9. The molecule has 1 aliphatic rings. The van der Waals surface area contributed by atoms with E-state index in [1.807, 2.05) is 0 Å². The molecule has 2 aromatic carbocycles. The first-order valence-electron chi connectivity index (χ1n) is 10.8. The summed E-state index contributed by atoms with van der Waals surface area (Å²) in [6, 6.07) is 15.7. The highest BCUT2D eigenvalue weighted by molar-refractivity contribution is 5.36. The minimum Gasteiger partial charge on any atom is -0.494 e. The van der Waals surface area contributed by atoms with Crippen LogP contribution in [0.2, 0.25) is 0 Å². The number of hydrogen-bond donors (Lipinski definition) is 1. The van der Waals surface area contributed by atoms with Crippen LogP contribution < -0.4 is 10.5 Å². The third kappa shape index (κ3) is 5.13.